The Morgan fingerprint density at radius 3 is 2.64 bits per heavy atom. The molecule has 22 heavy (non-hydrogen) atoms. The third-order valence-electron chi connectivity index (χ3n) is 4.23. The van der Waals surface area contributed by atoms with Crippen LogP contribution in [0.4, 0.5) is 0 Å². The van der Waals surface area contributed by atoms with Gasteiger partial charge >= 0.3 is 5.97 Å². The second-order valence-electron chi connectivity index (χ2n) is 6.36. The summed E-state index contributed by atoms with van der Waals surface area (Å²) in [6, 6.07) is 0. The van der Waals surface area contributed by atoms with Crippen LogP contribution >= 0.6 is 0 Å². The van der Waals surface area contributed by atoms with Crippen molar-refractivity contribution >= 4 is 17.8 Å². The molecule has 1 N–H and O–H groups in total. The van der Waals surface area contributed by atoms with Gasteiger partial charge in [-0.1, -0.05) is 26.7 Å². The number of hydrogen-bond donors (Lipinski definition) is 1. The maximum absolute atomic E-state index is 12.2. The summed E-state index contributed by atoms with van der Waals surface area (Å²) in [5, 5.41) is 9.06. The van der Waals surface area contributed by atoms with Crippen molar-refractivity contribution in [2.45, 2.75) is 46.0 Å². The minimum absolute atomic E-state index is 0.0268. The maximum Gasteiger partial charge on any atom is 0.308 e. The van der Waals surface area contributed by atoms with Crippen LogP contribution in [0.25, 0.3) is 0 Å². The Morgan fingerprint density at radius 1 is 1.36 bits per heavy atom. The minimum atomic E-state index is -0.852. The first-order valence-corrected chi connectivity index (χ1v) is 8.09. The summed E-state index contributed by atoms with van der Waals surface area (Å²) in [4.78, 5) is 38.4. The van der Waals surface area contributed by atoms with E-state index < -0.39 is 11.9 Å². The first kappa shape index (κ1) is 18.5. The van der Waals surface area contributed by atoms with E-state index in [-0.39, 0.29) is 24.9 Å². The summed E-state index contributed by atoms with van der Waals surface area (Å²) in [6.45, 7) is 4.99. The molecular weight excluding hydrogens is 284 g/mol. The Kier molecular flexibility index (Phi) is 7.35. The van der Waals surface area contributed by atoms with Crippen LogP contribution in [0.15, 0.2) is 0 Å². The third kappa shape index (κ3) is 5.66. The number of aliphatic carboxylic acids is 1. The number of hydrogen-bond acceptors (Lipinski definition) is 3. The Labute approximate surface area is 132 Å². The molecule has 1 heterocycles. The molecule has 0 aliphatic carbocycles. The summed E-state index contributed by atoms with van der Waals surface area (Å²) in [5.74, 6) is -1.20. The molecule has 1 aliphatic rings. The van der Waals surface area contributed by atoms with E-state index in [0.29, 0.717) is 31.7 Å². The molecular formula is C16H28N2O4. The van der Waals surface area contributed by atoms with Gasteiger partial charge in [-0.25, -0.2) is 0 Å². The third-order valence-corrected chi connectivity index (χ3v) is 4.23. The lowest BCUT2D eigenvalue weighted by Gasteiger charge is -2.32. The minimum Gasteiger partial charge on any atom is -0.481 e. The molecule has 6 nitrogen and oxygen atoms in total. The molecule has 0 aromatic rings. The smallest absolute Gasteiger partial charge is 0.308 e. The summed E-state index contributed by atoms with van der Waals surface area (Å²) in [6.07, 6.45) is 3.81. The Morgan fingerprint density at radius 2 is 2.05 bits per heavy atom. The van der Waals surface area contributed by atoms with Crippen LogP contribution in [0.3, 0.4) is 0 Å². The van der Waals surface area contributed by atoms with Gasteiger partial charge in [0.15, 0.2) is 0 Å². The van der Waals surface area contributed by atoms with Crippen molar-refractivity contribution in [2.24, 2.45) is 11.8 Å². The number of carboxylic acids is 1. The molecule has 0 saturated carbocycles. The van der Waals surface area contributed by atoms with Gasteiger partial charge in [-0.2, -0.15) is 0 Å². The van der Waals surface area contributed by atoms with Gasteiger partial charge in [0.2, 0.25) is 11.8 Å². The van der Waals surface area contributed by atoms with Gasteiger partial charge < -0.3 is 14.9 Å². The Bertz CT molecular complexity index is 411. The Balaban J connectivity index is 2.46. The second kappa shape index (κ2) is 8.76. The first-order valence-electron chi connectivity index (χ1n) is 8.09. The number of carbonyl (C=O) groups excluding carboxylic acids is 2. The van der Waals surface area contributed by atoms with E-state index in [0.717, 1.165) is 12.8 Å². The topological polar surface area (TPSA) is 77.9 Å². The fourth-order valence-electron chi connectivity index (χ4n) is 2.85. The van der Waals surface area contributed by atoms with Crippen molar-refractivity contribution in [1.29, 1.82) is 0 Å². The number of rotatable bonds is 7. The number of piperidine rings is 1. The van der Waals surface area contributed by atoms with E-state index in [1.807, 2.05) is 6.92 Å². The average molecular weight is 312 g/mol. The van der Waals surface area contributed by atoms with Crippen LogP contribution in [0, 0.1) is 11.8 Å². The molecule has 0 aromatic heterocycles. The van der Waals surface area contributed by atoms with Crippen LogP contribution in [-0.4, -0.2) is 59.4 Å². The van der Waals surface area contributed by atoms with Crippen LogP contribution in [0.2, 0.25) is 0 Å². The van der Waals surface area contributed by atoms with E-state index >= 15 is 0 Å². The molecule has 0 aromatic carbocycles. The highest BCUT2D eigenvalue weighted by Crippen LogP contribution is 2.17. The number of likely N-dealkylation sites (N-methyl/N-ethyl adjacent to an activating group) is 1. The molecule has 6 heteroatoms. The fourth-order valence-corrected chi connectivity index (χ4v) is 2.85. The van der Waals surface area contributed by atoms with Crippen LogP contribution < -0.4 is 0 Å². The maximum atomic E-state index is 12.2. The van der Waals surface area contributed by atoms with E-state index in [1.165, 1.54) is 4.90 Å². The molecule has 2 atom stereocenters. The van der Waals surface area contributed by atoms with Gasteiger partial charge in [0.25, 0.3) is 0 Å². The summed E-state index contributed by atoms with van der Waals surface area (Å²) in [7, 11) is 1.64. The van der Waals surface area contributed by atoms with Gasteiger partial charge in [0.05, 0.1) is 12.5 Å². The number of nitrogens with zero attached hydrogens (tertiary/aromatic N) is 2. The quantitative estimate of drug-likeness (QED) is 0.774. The lowest BCUT2D eigenvalue weighted by molar-refractivity contribution is -0.147. The van der Waals surface area contributed by atoms with Crippen molar-refractivity contribution in [3.8, 4) is 0 Å². The highest BCUT2D eigenvalue weighted by atomic mass is 16.4. The average Bonchev–Trinajstić information content (AvgIpc) is 2.47. The summed E-state index contributed by atoms with van der Waals surface area (Å²) < 4.78 is 0. The molecule has 1 rings (SSSR count). The molecule has 0 spiro atoms. The predicted octanol–water partition coefficient (Wildman–Crippen LogP) is 1.59. The SMILES string of the molecule is CCCC(C)CC(=O)N(C)CC(=O)N1CCCC(C(=O)O)C1. The predicted molar refractivity (Wildman–Crippen MR) is 83.3 cm³/mol. The van der Waals surface area contributed by atoms with Crippen molar-refractivity contribution in [3.63, 3.8) is 0 Å². The molecule has 0 radical (unpaired) electrons. The second-order valence-corrected chi connectivity index (χ2v) is 6.36. The summed E-state index contributed by atoms with van der Waals surface area (Å²) in [5.41, 5.74) is 0. The molecule has 2 amide bonds. The number of carbonyl (C=O) groups is 3. The van der Waals surface area contributed by atoms with Crippen molar-refractivity contribution in [2.75, 3.05) is 26.7 Å². The normalized spacial score (nSPS) is 19.6. The van der Waals surface area contributed by atoms with Crippen molar-refractivity contribution in [3.05, 3.63) is 0 Å². The molecule has 0 bridgehead atoms. The highest BCUT2D eigenvalue weighted by Gasteiger charge is 2.29. The zero-order valence-electron chi connectivity index (χ0n) is 13.9. The number of amides is 2. The molecule has 2 unspecified atom stereocenters. The van der Waals surface area contributed by atoms with Gasteiger partial charge in [-0.3, -0.25) is 14.4 Å². The van der Waals surface area contributed by atoms with E-state index in [1.54, 1.807) is 11.9 Å². The largest absolute Gasteiger partial charge is 0.481 e. The van der Waals surface area contributed by atoms with Crippen LogP contribution in [0.5, 0.6) is 0 Å². The zero-order chi connectivity index (χ0) is 16.7. The van der Waals surface area contributed by atoms with Crippen LogP contribution in [0.1, 0.15) is 46.0 Å². The molecule has 1 aliphatic heterocycles. The van der Waals surface area contributed by atoms with Crippen LogP contribution in [-0.2, 0) is 14.4 Å². The standard InChI is InChI=1S/C16H28N2O4/c1-4-6-12(2)9-14(19)17(3)11-15(20)18-8-5-7-13(10-18)16(21)22/h12-13H,4-11H2,1-3H3,(H,21,22). The first-order chi connectivity index (χ1) is 10.3. The monoisotopic (exact) mass is 312 g/mol. The van der Waals surface area contributed by atoms with Gasteiger partial charge in [0, 0.05) is 26.6 Å². The lowest BCUT2D eigenvalue weighted by atomic mass is 9.98. The number of carboxylic acid groups (broad SMARTS) is 1. The number of likely N-dealkylation sites (tertiary alicyclic amines) is 1. The van der Waals surface area contributed by atoms with E-state index in [4.69, 9.17) is 5.11 Å². The zero-order valence-corrected chi connectivity index (χ0v) is 13.9. The summed E-state index contributed by atoms with van der Waals surface area (Å²) >= 11 is 0. The van der Waals surface area contributed by atoms with E-state index in [9.17, 15) is 14.4 Å². The van der Waals surface area contributed by atoms with Gasteiger partial charge in [-0.05, 0) is 18.8 Å². The van der Waals surface area contributed by atoms with Crippen molar-refractivity contribution in [1.82, 2.24) is 9.80 Å². The Hall–Kier alpha value is -1.59. The van der Waals surface area contributed by atoms with E-state index in [2.05, 4.69) is 6.92 Å². The molecule has 1 saturated heterocycles. The van der Waals surface area contributed by atoms with Gasteiger partial charge in [-0.15, -0.1) is 0 Å². The fraction of sp³-hybridized carbons (Fsp3) is 0.812. The van der Waals surface area contributed by atoms with Gasteiger partial charge in [0.1, 0.15) is 0 Å². The molecule has 1 fully saturated rings. The molecule has 126 valence electrons. The highest BCUT2D eigenvalue weighted by molar-refractivity contribution is 5.85. The van der Waals surface area contributed by atoms with Crippen molar-refractivity contribution < 1.29 is 19.5 Å². The lowest BCUT2D eigenvalue weighted by Crippen LogP contribution is -2.47.